The maximum absolute atomic E-state index is 5.15. The minimum absolute atomic E-state index is 0.513. The van der Waals surface area contributed by atoms with E-state index in [0.717, 1.165) is 4.90 Å². The van der Waals surface area contributed by atoms with Crippen LogP contribution in [0.15, 0.2) is 29.2 Å². The van der Waals surface area contributed by atoms with E-state index in [1.807, 2.05) is 12.1 Å². The fourth-order valence-corrected chi connectivity index (χ4v) is 1.41. The second-order valence-corrected chi connectivity index (χ2v) is 5.24. The summed E-state index contributed by atoms with van der Waals surface area (Å²) in [5.74, 6) is 1.13. The Hall–Kier alpha value is -0.510. The lowest BCUT2D eigenvalue weighted by Crippen LogP contribution is -2.11. The molecule has 0 N–H and O–H groups in total. The third-order valence-corrected chi connectivity index (χ3v) is 3.30. The van der Waals surface area contributed by atoms with Crippen molar-refractivity contribution in [3.8, 4) is 0 Å². The number of hydrogen-bond acceptors (Lipinski definition) is 3. The van der Waals surface area contributed by atoms with Gasteiger partial charge in [-0.25, -0.2) is 4.89 Å². The van der Waals surface area contributed by atoms with Gasteiger partial charge in [-0.15, -0.1) is 0 Å². The van der Waals surface area contributed by atoms with Crippen LogP contribution in [0.2, 0.25) is 0 Å². The van der Waals surface area contributed by atoms with Gasteiger partial charge in [-0.2, -0.15) is 4.33 Å². The molecule has 0 aliphatic rings. The van der Waals surface area contributed by atoms with Crippen LogP contribution in [-0.2, 0) is 9.22 Å². The average Bonchev–Trinajstić information content (AvgIpc) is 2.26. The van der Waals surface area contributed by atoms with Crippen LogP contribution in [0.5, 0.6) is 0 Å². The molecule has 16 heavy (non-hydrogen) atoms. The zero-order valence-corrected chi connectivity index (χ0v) is 11.2. The molecule has 0 radical (unpaired) electrons. The predicted octanol–water partition coefficient (Wildman–Crippen LogP) is 4.24. The summed E-state index contributed by atoms with van der Waals surface area (Å²) in [7, 11) is 0. The van der Waals surface area contributed by atoms with Crippen LogP contribution in [-0.4, -0.2) is 6.61 Å². The summed E-state index contributed by atoms with van der Waals surface area (Å²) in [6.45, 7) is 9.22. The van der Waals surface area contributed by atoms with Crippen LogP contribution in [0.3, 0.4) is 0 Å². The van der Waals surface area contributed by atoms with Crippen molar-refractivity contribution in [2.45, 2.75) is 32.6 Å². The Morgan fingerprint density at radius 1 is 1.12 bits per heavy atom. The summed E-state index contributed by atoms with van der Waals surface area (Å²) in [5.41, 5.74) is 1.25. The van der Waals surface area contributed by atoms with Crippen molar-refractivity contribution in [3.05, 3.63) is 29.8 Å². The van der Waals surface area contributed by atoms with Crippen LogP contribution in [0.25, 0.3) is 0 Å². The van der Waals surface area contributed by atoms with E-state index in [-0.39, 0.29) is 0 Å². The molecular weight excluding hydrogens is 220 g/mol. The Bertz CT molecular complexity index is 295. The molecule has 1 aromatic rings. The molecule has 3 heteroatoms. The van der Waals surface area contributed by atoms with Crippen LogP contribution in [0.4, 0.5) is 0 Å². The molecule has 1 aromatic carbocycles. The molecule has 1 atom stereocenters. The Labute approximate surface area is 102 Å². The molecule has 0 saturated heterocycles. The minimum Gasteiger partial charge on any atom is -0.224 e. The van der Waals surface area contributed by atoms with E-state index in [1.54, 1.807) is 0 Å². The average molecular weight is 240 g/mol. The van der Waals surface area contributed by atoms with Gasteiger partial charge in [-0.1, -0.05) is 38.5 Å². The molecule has 0 bridgehead atoms. The smallest absolute Gasteiger partial charge is 0.0863 e. The highest BCUT2D eigenvalue weighted by molar-refractivity contribution is 7.94. The maximum atomic E-state index is 5.15. The SMILES string of the molecule is Cc1ccc(SOOCC(C)C(C)C)cc1. The molecule has 1 rings (SSSR count). The van der Waals surface area contributed by atoms with Gasteiger partial charge in [-0.05, 0) is 30.9 Å². The lowest BCUT2D eigenvalue weighted by Gasteiger charge is -2.13. The van der Waals surface area contributed by atoms with E-state index in [1.165, 1.54) is 17.6 Å². The second kappa shape index (κ2) is 6.94. The van der Waals surface area contributed by atoms with Gasteiger partial charge >= 0.3 is 0 Å². The molecule has 2 nitrogen and oxygen atoms in total. The van der Waals surface area contributed by atoms with Gasteiger partial charge in [-0.3, -0.25) is 0 Å². The van der Waals surface area contributed by atoms with Crippen LogP contribution < -0.4 is 0 Å². The number of rotatable bonds is 6. The number of hydrogen-bond donors (Lipinski definition) is 0. The fraction of sp³-hybridized carbons (Fsp3) is 0.538. The highest BCUT2D eigenvalue weighted by Crippen LogP contribution is 2.20. The molecule has 0 saturated carbocycles. The minimum atomic E-state index is 0.513. The van der Waals surface area contributed by atoms with Gasteiger partial charge in [0, 0.05) is 4.90 Å². The van der Waals surface area contributed by atoms with Gasteiger partial charge in [0.2, 0.25) is 0 Å². The Morgan fingerprint density at radius 2 is 1.75 bits per heavy atom. The highest BCUT2D eigenvalue weighted by Gasteiger charge is 2.07. The van der Waals surface area contributed by atoms with Crippen LogP contribution in [0.1, 0.15) is 26.3 Å². The van der Waals surface area contributed by atoms with Crippen molar-refractivity contribution in [1.82, 2.24) is 0 Å². The van der Waals surface area contributed by atoms with Crippen molar-refractivity contribution in [3.63, 3.8) is 0 Å². The molecule has 0 aromatic heterocycles. The Morgan fingerprint density at radius 3 is 2.31 bits per heavy atom. The van der Waals surface area contributed by atoms with E-state index in [9.17, 15) is 0 Å². The zero-order valence-electron chi connectivity index (χ0n) is 10.4. The van der Waals surface area contributed by atoms with E-state index in [0.29, 0.717) is 18.4 Å². The molecular formula is C13H20O2S. The topological polar surface area (TPSA) is 18.5 Å². The summed E-state index contributed by atoms with van der Waals surface area (Å²) < 4.78 is 5.10. The first-order valence-electron chi connectivity index (χ1n) is 5.62. The molecule has 0 heterocycles. The number of benzene rings is 1. The van der Waals surface area contributed by atoms with E-state index in [4.69, 9.17) is 9.22 Å². The Balaban J connectivity index is 2.18. The van der Waals surface area contributed by atoms with Gasteiger partial charge < -0.3 is 0 Å². The largest absolute Gasteiger partial charge is 0.224 e. The fourth-order valence-electron chi connectivity index (χ4n) is 0.985. The van der Waals surface area contributed by atoms with Gasteiger partial charge in [0.15, 0.2) is 0 Å². The number of aryl methyl sites for hydroxylation is 1. The monoisotopic (exact) mass is 240 g/mol. The van der Waals surface area contributed by atoms with Gasteiger partial charge in [0.05, 0.1) is 18.6 Å². The lowest BCUT2D eigenvalue weighted by molar-refractivity contribution is -0.202. The van der Waals surface area contributed by atoms with E-state index in [2.05, 4.69) is 39.8 Å². The molecule has 0 amide bonds. The molecule has 0 aliphatic heterocycles. The summed E-state index contributed by atoms with van der Waals surface area (Å²) >= 11 is 1.26. The van der Waals surface area contributed by atoms with Gasteiger partial charge in [0.25, 0.3) is 0 Å². The standard InChI is InChI=1S/C13H20O2S/c1-10(2)12(4)9-14-15-16-13-7-5-11(3)6-8-13/h5-8,10,12H,9H2,1-4H3. The molecule has 90 valence electrons. The quantitative estimate of drug-likeness (QED) is 0.321. The molecule has 0 aliphatic carbocycles. The van der Waals surface area contributed by atoms with Crippen molar-refractivity contribution in [1.29, 1.82) is 0 Å². The second-order valence-electron chi connectivity index (χ2n) is 4.47. The van der Waals surface area contributed by atoms with Crippen LogP contribution in [0, 0.1) is 18.8 Å². The molecule has 0 spiro atoms. The van der Waals surface area contributed by atoms with Crippen LogP contribution >= 0.6 is 12.0 Å². The summed E-state index contributed by atoms with van der Waals surface area (Å²) in [5, 5.41) is 0. The van der Waals surface area contributed by atoms with Crippen molar-refractivity contribution >= 4 is 12.0 Å². The third kappa shape index (κ3) is 5.01. The first-order valence-corrected chi connectivity index (χ1v) is 6.36. The lowest BCUT2D eigenvalue weighted by atomic mass is 10.00. The van der Waals surface area contributed by atoms with Crippen molar-refractivity contribution in [2.24, 2.45) is 11.8 Å². The molecule has 1 unspecified atom stereocenters. The van der Waals surface area contributed by atoms with Crippen molar-refractivity contribution in [2.75, 3.05) is 6.61 Å². The highest BCUT2D eigenvalue weighted by atomic mass is 32.2. The summed E-state index contributed by atoms with van der Waals surface area (Å²) in [6.07, 6.45) is 0. The predicted molar refractivity (Wildman–Crippen MR) is 68.1 cm³/mol. The third-order valence-electron chi connectivity index (χ3n) is 2.67. The van der Waals surface area contributed by atoms with E-state index >= 15 is 0 Å². The zero-order chi connectivity index (χ0) is 12.0. The van der Waals surface area contributed by atoms with Crippen molar-refractivity contribution < 1.29 is 9.22 Å². The van der Waals surface area contributed by atoms with Gasteiger partial charge in [0.1, 0.15) is 0 Å². The molecule has 0 fully saturated rings. The summed E-state index contributed by atoms with van der Waals surface area (Å²) in [4.78, 5) is 6.21. The Kier molecular flexibility index (Phi) is 5.88. The first kappa shape index (κ1) is 13.6. The van der Waals surface area contributed by atoms with E-state index < -0.39 is 0 Å². The summed E-state index contributed by atoms with van der Waals surface area (Å²) in [6, 6.07) is 8.16. The normalized spacial score (nSPS) is 13.1. The first-order chi connectivity index (χ1) is 7.59. The maximum Gasteiger partial charge on any atom is 0.0863 e.